The molecule has 0 aliphatic rings. The van der Waals surface area contributed by atoms with Crippen molar-refractivity contribution in [3.05, 3.63) is 85.1 Å². The Morgan fingerprint density at radius 1 is 0.292 bits per heavy atom. The van der Waals surface area contributed by atoms with Crippen molar-refractivity contribution in [3.8, 4) is 0 Å². The molecule has 414 valence electrons. The standard InChI is InChI=1S/C66H114O6/c1-4-7-10-13-16-19-22-24-26-27-28-29-30-31-32-33-34-35-36-37-38-39-41-42-44-47-50-53-56-59-65(68)71-62-63(61-70-64(67)58-55-52-49-46-21-18-15-12-9-6-3)72-66(69)60-57-54-51-48-45-43-40-25-23-20-17-14-11-8-5-2/h7,10,12,15-16,19,24,26,28-29,31-32,34-35,63H,4-6,8-9,11,13-14,17-18,20-23,25,27,30,33,36-62H2,1-3H3/b10-7-,15-12-,19-16-,26-24-,29-28-,32-31-,35-34-. The van der Waals surface area contributed by atoms with E-state index in [1.807, 2.05) is 0 Å². The van der Waals surface area contributed by atoms with E-state index in [1.165, 1.54) is 148 Å². The van der Waals surface area contributed by atoms with Crippen molar-refractivity contribution in [1.29, 1.82) is 0 Å². The molecule has 0 N–H and O–H groups in total. The second-order valence-corrected chi connectivity index (χ2v) is 20.2. The molecule has 0 bridgehead atoms. The number of hydrogen-bond donors (Lipinski definition) is 0. The Labute approximate surface area is 445 Å². The molecule has 0 aromatic heterocycles. The highest BCUT2D eigenvalue weighted by Gasteiger charge is 2.19. The average molecular weight is 1000 g/mol. The van der Waals surface area contributed by atoms with Gasteiger partial charge in [0.15, 0.2) is 6.10 Å². The highest BCUT2D eigenvalue weighted by Crippen LogP contribution is 2.16. The Morgan fingerprint density at radius 3 is 0.917 bits per heavy atom. The number of allylic oxidation sites excluding steroid dienone is 14. The van der Waals surface area contributed by atoms with Gasteiger partial charge in [-0.05, 0) is 89.9 Å². The normalized spacial score (nSPS) is 12.7. The molecule has 0 aromatic carbocycles. The molecule has 6 nitrogen and oxygen atoms in total. The van der Waals surface area contributed by atoms with Crippen LogP contribution in [0.25, 0.3) is 0 Å². The maximum Gasteiger partial charge on any atom is 0.306 e. The number of unbranched alkanes of at least 4 members (excludes halogenated alkanes) is 30. The van der Waals surface area contributed by atoms with Crippen molar-refractivity contribution in [2.24, 2.45) is 0 Å². The molecular formula is C66H114O6. The lowest BCUT2D eigenvalue weighted by Gasteiger charge is -2.18. The first-order valence-corrected chi connectivity index (χ1v) is 30.6. The minimum atomic E-state index is -0.779. The van der Waals surface area contributed by atoms with Gasteiger partial charge >= 0.3 is 17.9 Å². The van der Waals surface area contributed by atoms with Gasteiger partial charge in [0.1, 0.15) is 13.2 Å². The summed E-state index contributed by atoms with van der Waals surface area (Å²) in [4.78, 5) is 38.1. The van der Waals surface area contributed by atoms with Crippen LogP contribution in [0.1, 0.15) is 297 Å². The van der Waals surface area contributed by atoms with E-state index in [9.17, 15) is 14.4 Å². The topological polar surface area (TPSA) is 78.9 Å². The summed E-state index contributed by atoms with van der Waals surface area (Å²) in [5, 5.41) is 0. The van der Waals surface area contributed by atoms with E-state index >= 15 is 0 Å². The Hall–Kier alpha value is -3.41. The minimum absolute atomic E-state index is 0.0786. The van der Waals surface area contributed by atoms with Crippen molar-refractivity contribution in [2.75, 3.05) is 13.2 Å². The van der Waals surface area contributed by atoms with Gasteiger partial charge in [0.25, 0.3) is 0 Å². The van der Waals surface area contributed by atoms with E-state index in [-0.39, 0.29) is 31.1 Å². The maximum atomic E-state index is 12.8. The predicted octanol–water partition coefficient (Wildman–Crippen LogP) is 20.7. The summed E-state index contributed by atoms with van der Waals surface area (Å²) in [6, 6.07) is 0. The molecule has 0 spiro atoms. The van der Waals surface area contributed by atoms with Crippen molar-refractivity contribution < 1.29 is 28.6 Å². The van der Waals surface area contributed by atoms with Crippen molar-refractivity contribution in [1.82, 2.24) is 0 Å². The SMILES string of the molecule is CC/C=C\C/C=C\C/C=C\C/C=C\C/C=C\C/C=C\CCCCCCCCCCCCC(=O)OCC(COC(=O)CCCCCCC/C=C\CCC)OC(=O)CCCCCCCCCCCCCCCCC. The van der Waals surface area contributed by atoms with E-state index in [0.29, 0.717) is 19.3 Å². The molecule has 0 aliphatic heterocycles. The monoisotopic (exact) mass is 1000 g/mol. The molecule has 0 saturated carbocycles. The van der Waals surface area contributed by atoms with Crippen LogP contribution in [0.15, 0.2) is 85.1 Å². The molecule has 72 heavy (non-hydrogen) atoms. The predicted molar refractivity (Wildman–Crippen MR) is 311 cm³/mol. The second-order valence-electron chi connectivity index (χ2n) is 20.2. The molecule has 1 unspecified atom stereocenters. The summed E-state index contributed by atoms with van der Waals surface area (Å²) >= 11 is 0. The molecule has 0 radical (unpaired) electrons. The Kier molecular flexibility index (Phi) is 57.3. The van der Waals surface area contributed by atoms with Crippen LogP contribution in [0.3, 0.4) is 0 Å². The highest BCUT2D eigenvalue weighted by molar-refractivity contribution is 5.71. The maximum absolute atomic E-state index is 12.8. The second kappa shape index (κ2) is 60.1. The van der Waals surface area contributed by atoms with Gasteiger partial charge in [-0.3, -0.25) is 14.4 Å². The van der Waals surface area contributed by atoms with Crippen LogP contribution >= 0.6 is 0 Å². The van der Waals surface area contributed by atoms with E-state index in [0.717, 1.165) is 109 Å². The van der Waals surface area contributed by atoms with Crippen LogP contribution in [0.5, 0.6) is 0 Å². The molecule has 0 saturated heterocycles. The van der Waals surface area contributed by atoms with Crippen LogP contribution in [0, 0.1) is 0 Å². The fraction of sp³-hybridized carbons (Fsp3) is 0.742. The van der Waals surface area contributed by atoms with Gasteiger partial charge < -0.3 is 14.2 Å². The molecule has 0 fully saturated rings. The van der Waals surface area contributed by atoms with Crippen LogP contribution in [-0.4, -0.2) is 37.2 Å². The van der Waals surface area contributed by atoms with Crippen LogP contribution in [0.4, 0.5) is 0 Å². The molecular weight excluding hydrogens is 889 g/mol. The van der Waals surface area contributed by atoms with Crippen molar-refractivity contribution >= 4 is 17.9 Å². The number of esters is 3. The third kappa shape index (κ3) is 57.5. The van der Waals surface area contributed by atoms with Gasteiger partial charge in [-0.2, -0.15) is 0 Å². The van der Waals surface area contributed by atoms with Gasteiger partial charge in [-0.1, -0.05) is 273 Å². The zero-order valence-corrected chi connectivity index (χ0v) is 47.4. The first-order chi connectivity index (χ1) is 35.5. The molecule has 0 amide bonds. The third-order valence-corrected chi connectivity index (χ3v) is 13.1. The van der Waals surface area contributed by atoms with E-state index in [2.05, 4.69) is 106 Å². The Balaban J connectivity index is 4.20. The fourth-order valence-corrected chi connectivity index (χ4v) is 8.57. The molecule has 0 heterocycles. The lowest BCUT2D eigenvalue weighted by Crippen LogP contribution is -2.30. The highest BCUT2D eigenvalue weighted by atomic mass is 16.6. The number of rotatable bonds is 55. The number of ether oxygens (including phenoxy) is 3. The minimum Gasteiger partial charge on any atom is -0.462 e. The number of carbonyl (C=O) groups excluding carboxylic acids is 3. The molecule has 0 rings (SSSR count). The van der Waals surface area contributed by atoms with Crippen LogP contribution in [0.2, 0.25) is 0 Å². The molecule has 0 aromatic rings. The first-order valence-electron chi connectivity index (χ1n) is 30.6. The Bertz CT molecular complexity index is 1380. The Morgan fingerprint density at radius 2 is 0.569 bits per heavy atom. The zero-order chi connectivity index (χ0) is 52.2. The van der Waals surface area contributed by atoms with Gasteiger partial charge in [-0.25, -0.2) is 0 Å². The molecule has 6 heteroatoms. The van der Waals surface area contributed by atoms with Crippen LogP contribution < -0.4 is 0 Å². The lowest BCUT2D eigenvalue weighted by molar-refractivity contribution is -0.167. The summed E-state index contributed by atoms with van der Waals surface area (Å²) < 4.78 is 16.9. The first kappa shape index (κ1) is 68.6. The van der Waals surface area contributed by atoms with Gasteiger partial charge in [0.2, 0.25) is 0 Å². The van der Waals surface area contributed by atoms with Crippen molar-refractivity contribution in [3.63, 3.8) is 0 Å². The van der Waals surface area contributed by atoms with Crippen molar-refractivity contribution in [2.45, 2.75) is 303 Å². The van der Waals surface area contributed by atoms with Gasteiger partial charge in [0.05, 0.1) is 0 Å². The molecule has 0 aliphatic carbocycles. The largest absolute Gasteiger partial charge is 0.462 e. The van der Waals surface area contributed by atoms with Crippen LogP contribution in [-0.2, 0) is 28.6 Å². The lowest BCUT2D eigenvalue weighted by atomic mass is 10.0. The summed E-state index contributed by atoms with van der Waals surface area (Å²) in [7, 11) is 0. The zero-order valence-electron chi connectivity index (χ0n) is 47.4. The molecule has 1 atom stereocenters. The van der Waals surface area contributed by atoms with Gasteiger partial charge in [-0.15, -0.1) is 0 Å². The summed E-state index contributed by atoms with van der Waals surface area (Å²) in [5.74, 6) is -0.883. The smallest absolute Gasteiger partial charge is 0.306 e. The summed E-state index contributed by atoms with van der Waals surface area (Å²) in [6.45, 7) is 6.48. The quantitative estimate of drug-likeness (QED) is 0.0261. The number of carbonyl (C=O) groups is 3. The summed E-state index contributed by atoms with van der Waals surface area (Å²) in [5.41, 5.74) is 0. The van der Waals surface area contributed by atoms with Gasteiger partial charge in [0, 0.05) is 19.3 Å². The third-order valence-electron chi connectivity index (χ3n) is 13.1. The average Bonchev–Trinajstić information content (AvgIpc) is 3.38. The number of hydrogen-bond acceptors (Lipinski definition) is 6. The summed E-state index contributed by atoms with van der Waals surface area (Å²) in [6.07, 6.45) is 78.8. The van der Waals surface area contributed by atoms with E-state index in [4.69, 9.17) is 14.2 Å². The van der Waals surface area contributed by atoms with E-state index < -0.39 is 6.10 Å². The fourth-order valence-electron chi connectivity index (χ4n) is 8.57. The van der Waals surface area contributed by atoms with E-state index in [1.54, 1.807) is 0 Å².